The molecule has 2 aromatic rings. The molecule has 0 spiro atoms. The Morgan fingerprint density at radius 1 is 1.00 bits per heavy atom. The number of methoxy groups -OCH3 is 3. The van der Waals surface area contributed by atoms with Crippen LogP contribution in [0.2, 0.25) is 0 Å². The van der Waals surface area contributed by atoms with Gasteiger partial charge in [0.2, 0.25) is 5.91 Å². The topological polar surface area (TPSA) is 56.8 Å². The van der Waals surface area contributed by atoms with Crippen LogP contribution in [0.5, 0.6) is 17.2 Å². The van der Waals surface area contributed by atoms with E-state index >= 15 is 0 Å². The average Bonchev–Trinajstić information content (AvgIpc) is 2.59. The molecule has 0 heterocycles. The second kappa shape index (κ2) is 8.01. The molecule has 0 aliphatic rings. The molecule has 0 bridgehead atoms. The minimum Gasteiger partial charge on any atom is -0.496 e. The molecule has 0 aliphatic carbocycles. The van der Waals surface area contributed by atoms with Crippen molar-refractivity contribution in [2.45, 2.75) is 0 Å². The fourth-order valence-corrected chi connectivity index (χ4v) is 2.10. The number of carbonyl (C=O) groups excluding carboxylic acids is 1. The summed E-state index contributed by atoms with van der Waals surface area (Å²) in [7, 11) is 4.57. The molecular formula is C18H18FNO4. The number of anilines is 1. The molecule has 0 saturated heterocycles. The van der Waals surface area contributed by atoms with Crippen LogP contribution in [0.3, 0.4) is 0 Å². The molecule has 0 unspecified atom stereocenters. The maximum Gasteiger partial charge on any atom is 0.248 e. The third-order valence-electron chi connectivity index (χ3n) is 3.24. The van der Waals surface area contributed by atoms with Crippen molar-refractivity contribution in [2.24, 2.45) is 0 Å². The summed E-state index contributed by atoms with van der Waals surface area (Å²) < 4.78 is 28.8. The largest absolute Gasteiger partial charge is 0.496 e. The minimum atomic E-state index is -0.418. The van der Waals surface area contributed by atoms with Crippen LogP contribution in [0.1, 0.15) is 5.56 Å². The van der Waals surface area contributed by atoms with Crippen molar-refractivity contribution in [2.75, 3.05) is 26.6 Å². The van der Waals surface area contributed by atoms with Crippen molar-refractivity contribution >= 4 is 17.7 Å². The van der Waals surface area contributed by atoms with Gasteiger partial charge < -0.3 is 19.5 Å². The summed E-state index contributed by atoms with van der Waals surface area (Å²) >= 11 is 0. The molecule has 0 fully saturated rings. The minimum absolute atomic E-state index is 0.379. The summed E-state index contributed by atoms with van der Waals surface area (Å²) in [5.41, 5.74) is 1.02. The van der Waals surface area contributed by atoms with Crippen LogP contribution in [-0.4, -0.2) is 27.2 Å². The van der Waals surface area contributed by atoms with Gasteiger partial charge in [0.25, 0.3) is 0 Å². The number of halogens is 1. The van der Waals surface area contributed by atoms with Crippen LogP contribution >= 0.6 is 0 Å². The van der Waals surface area contributed by atoms with Crippen LogP contribution in [0.25, 0.3) is 6.08 Å². The molecule has 2 rings (SSSR count). The number of hydrogen-bond acceptors (Lipinski definition) is 4. The Bertz CT molecular complexity index is 759. The summed E-state index contributed by atoms with van der Waals surface area (Å²) in [5.74, 6) is 0.762. The monoisotopic (exact) mass is 331 g/mol. The standard InChI is InChI=1S/C18H18FNO4/c1-22-15-11-17(24-3)16(23-2)9-12(15)7-8-18(21)20-14-6-4-5-13(19)10-14/h4-11H,1-3H3,(H,20,21)/b8-7+. The molecule has 0 atom stereocenters. The van der Waals surface area contributed by atoms with Gasteiger partial charge >= 0.3 is 0 Å². The van der Waals surface area contributed by atoms with E-state index in [-0.39, 0.29) is 0 Å². The maximum absolute atomic E-state index is 13.1. The first-order valence-corrected chi connectivity index (χ1v) is 7.12. The highest BCUT2D eigenvalue weighted by Gasteiger charge is 2.10. The lowest BCUT2D eigenvalue weighted by Crippen LogP contribution is -2.07. The van der Waals surface area contributed by atoms with Gasteiger partial charge in [-0.25, -0.2) is 4.39 Å². The highest BCUT2D eigenvalue weighted by atomic mass is 19.1. The molecule has 1 N–H and O–H groups in total. The highest BCUT2D eigenvalue weighted by molar-refractivity contribution is 6.02. The number of nitrogens with one attached hydrogen (secondary N) is 1. The van der Waals surface area contributed by atoms with Crippen molar-refractivity contribution in [3.63, 3.8) is 0 Å². The first-order valence-electron chi connectivity index (χ1n) is 7.12. The van der Waals surface area contributed by atoms with E-state index in [4.69, 9.17) is 14.2 Å². The van der Waals surface area contributed by atoms with Gasteiger partial charge in [0, 0.05) is 23.4 Å². The van der Waals surface area contributed by atoms with E-state index in [9.17, 15) is 9.18 Å². The Morgan fingerprint density at radius 2 is 1.67 bits per heavy atom. The van der Waals surface area contributed by atoms with E-state index < -0.39 is 11.7 Å². The van der Waals surface area contributed by atoms with Gasteiger partial charge in [-0.1, -0.05) is 6.07 Å². The molecular weight excluding hydrogens is 313 g/mol. The summed E-state index contributed by atoms with van der Waals surface area (Å²) in [6.07, 6.45) is 2.91. The van der Waals surface area contributed by atoms with E-state index in [0.717, 1.165) is 0 Å². The van der Waals surface area contributed by atoms with E-state index in [2.05, 4.69) is 5.32 Å². The van der Waals surface area contributed by atoms with Gasteiger partial charge in [-0.2, -0.15) is 0 Å². The van der Waals surface area contributed by atoms with Crippen LogP contribution in [0, 0.1) is 5.82 Å². The van der Waals surface area contributed by atoms with Crippen molar-refractivity contribution < 1.29 is 23.4 Å². The molecule has 0 saturated carbocycles. The number of amides is 1. The van der Waals surface area contributed by atoms with Gasteiger partial charge in [0.05, 0.1) is 21.3 Å². The molecule has 6 heteroatoms. The number of benzene rings is 2. The Labute approximate surface area is 139 Å². The maximum atomic E-state index is 13.1. The van der Waals surface area contributed by atoms with E-state index in [1.807, 2.05) is 0 Å². The highest BCUT2D eigenvalue weighted by Crippen LogP contribution is 2.35. The van der Waals surface area contributed by atoms with Crippen LogP contribution in [0.4, 0.5) is 10.1 Å². The number of carbonyl (C=O) groups is 1. The smallest absolute Gasteiger partial charge is 0.248 e. The molecule has 24 heavy (non-hydrogen) atoms. The van der Waals surface area contributed by atoms with Gasteiger partial charge in [-0.05, 0) is 30.3 Å². The Balaban J connectivity index is 2.19. The molecule has 126 valence electrons. The van der Waals surface area contributed by atoms with Crippen molar-refractivity contribution in [3.8, 4) is 17.2 Å². The lowest BCUT2D eigenvalue weighted by atomic mass is 10.1. The Hall–Kier alpha value is -3.02. The fraction of sp³-hybridized carbons (Fsp3) is 0.167. The zero-order valence-corrected chi connectivity index (χ0v) is 13.6. The van der Waals surface area contributed by atoms with E-state index in [1.54, 1.807) is 24.3 Å². The third kappa shape index (κ3) is 4.25. The molecule has 0 aromatic heterocycles. The Morgan fingerprint density at radius 3 is 2.29 bits per heavy atom. The quantitative estimate of drug-likeness (QED) is 0.823. The van der Waals surface area contributed by atoms with Gasteiger partial charge in [0.1, 0.15) is 11.6 Å². The summed E-state index contributed by atoms with van der Waals surface area (Å²) in [5, 5.41) is 2.58. The zero-order chi connectivity index (χ0) is 17.5. The third-order valence-corrected chi connectivity index (χ3v) is 3.24. The Kier molecular flexibility index (Phi) is 5.78. The summed E-state index contributed by atoms with van der Waals surface area (Å²) in [6.45, 7) is 0. The normalized spacial score (nSPS) is 10.5. The number of rotatable bonds is 6. The zero-order valence-electron chi connectivity index (χ0n) is 13.6. The van der Waals surface area contributed by atoms with Gasteiger partial charge in [-0.15, -0.1) is 0 Å². The molecule has 1 amide bonds. The van der Waals surface area contributed by atoms with Gasteiger partial charge in [0.15, 0.2) is 11.5 Å². The van der Waals surface area contributed by atoms with E-state index in [1.165, 1.54) is 45.6 Å². The predicted octanol–water partition coefficient (Wildman–Crippen LogP) is 3.50. The van der Waals surface area contributed by atoms with Crippen LogP contribution in [0.15, 0.2) is 42.5 Å². The lowest BCUT2D eigenvalue weighted by Gasteiger charge is -2.12. The summed E-state index contributed by atoms with van der Waals surface area (Å²) in [4.78, 5) is 12.0. The van der Waals surface area contributed by atoms with E-state index in [0.29, 0.717) is 28.5 Å². The second-order valence-corrected chi connectivity index (χ2v) is 4.78. The lowest BCUT2D eigenvalue weighted by molar-refractivity contribution is -0.111. The van der Waals surface area contributed by atoms with Crippen molar-refractivity contribution in [3.05, 3.63) is 53.9 Å². The van der Waals surface area contributed by atoms with Gasteiger partial charge in [-0.3, -0.25) is 4.79 Å². The molecule has 5 nitrogen and oxygen atoms in total. The second-order valence-electron chi connectivity index (χ2n) is 4.78. The predicted molar refractivity (Wildman–Crippen MR) is 90.2 cm³/mol. The fourth-order valence-electron chi connectivity index (χ4n) is 2.10. The van der Waals surface area contributed by atoms with Crippen LogP contribution < -0.4 is 19.5 Å². The SMILES string of the molecule is COc1cc(OC)c(OC)cc1/C=C/C(=O)Nc1cccc(F)c1. The van der Waals surface area contributed by atoms with Crippen molar-refractivity contribution in [1.29, 1.82) is 0 Å². The van der Waals surface area contributed by atoms with Crippen molar-refractivity contribution in [1.82, 2.24) is 0 Å². The molecule has 0 radical (unpaired) electrons. The average molecular weight is 331 g/mol. The first-order chi connectivity index (χ1) is 11.6. The molecule has 2 aromatic carbocycles. The number of ether oxygens (including phenoxy) is 3. The summed E-state index contributed by atoms with van der Waals surface area (Å²) in [6, 6.07) is 9.03. The first kappa shape index (κ1) is 17.3. The molecule has 0 aliphatic heterocycles. The van der Waals surface area contributed by atoms with Crippen LogP contribution in [-0.2, 0) is 4.79 Å². The number of hydrogen-bond donors (Lipinski definition) is 1.